The molecule has 2 aromatic carbocycles. The molecule has 0 bridgehead atoms. The summed E-state index contributed by atoms with van der Waals surface area (Å²) in [5.74, 6) is 0. The molecule has 0 aromatic heterocycles. The summed E-state index contributed by atoms with van der Waals surface area (Å²) >= 11 is 0. The molecular formula is C19H25NO3S. The molecule has 24 heavy (non-hydrogen) atoms. The molecule has 0 unspecified atom stereocenters. The summed E-state index contributed by atoms with van der Waals surface area (Å²) in [7, 11) is -1.98. The lowest BCUT2D eigenvalue weighted by Crippen LogP contribution is -2.39. The number of methoxy groups -OCH3 is 1. The fraction of sp³-hybridized carbons (Fsp3) is 0.368. The highest BCUT2D eigenvalue weighted by Gasteiger charge is 2.27. The Morgan fingerprint density at radius 3 is 2.21 bits per heavy atom. The van der Waals surface area contributed by atoms with Crippen molar-refractivity contribution in [2.24, 2.45) is 0 Å². The molecule has 0 aliphatic carbocycles. The van der Waals surface area contributed by atoms with Crippen molar-refractivity contribution in [3.63, 3.8) is 0 Å². The van der Waals surface area contributed by atoms with Crippen LogP contribution in [0.25, 0.3) is 0 Å². The molecule has 0 radical (unpaired) electrons. The van der Waals surface area contributed by atoms with Crippen LogP contribution in [0, 0.1) is 6.92 Å². The normalized spacial score (nSPS) is 14.3. The average molecular weight is 347 g/mol. The van der Waals surface area contributed by atoms with E-state index in [1.54, 1.807) is 31.4 Å². The van der Waals surface area contributed by atoms with Crippen molar-refractivity contribution in [1.82, 2.24) is 4.72 Å². The summed E-state index contributed by atoms with van der Waals surface area (Å²) in [5.41, 5.74) is 1.99. The van der Waals surface area contributed by atoms with Crippen LogP contribution >= 0.6 is 0 Å². The van der Waals surface area contributed by atoms with E-state index in [9.17, 15) is 8.42 Å². The van der Waals surface area contributed by atoms with Gasteiger partial charge in [-0.25, -0.2) is 13.1 Å². The predicted molar refractivity (Wildman–Crippen MR) is 96.4 cm³/mol. The molecule has 0 saturated carbocycles. The van der Waals surface area contributed by atoms with Gasteiger partial charge in [-0.1, -0.05) is 61.4 Å². The molecule has 2 atom stereocenters. The van der Waals surface area contributed by atoms with E-state index in [1.807, 2.05) is 44.2 Å². The topological polar surface area (TPSA) is 55.4 Å². The molecule has 0 aliphatic rings. The summed E-state index contributed by atoms with van der Waals surface area (Å²) in [6.07, 6.45) is 1.22. The van der Waals surface area contributed by atoms with Gasteiger partial charge in [0.25, 0.3) is 0 Å². The van der Waals surface area contributed by atoms with E-state index in [0.29, 0.717) is 6.42 Å². The van der Waals surface area contributed by atoms with E-state index in [2.05, 4.69) is 4.72 Å². The average Bonchev–Trinajstić information content (AvgIpc) is 2.57. The van der Waals surface area contributed by atoms with Crippen LogP contribution in [0.1, 0.15) is 37.0 Å². The van der Waals surface area contributed by atoms with Crippen LogP contribution in [0.5, 0.6) is 0 Å². The third-order valence-electron chi connectivity index (χ3n) is 3.98. The zero-order valence-corrected chi connectivity index (χ0v) is 15.2. The molecular weight excluding hydrogens is 322 g/mol. The van der Waals surface area contributed by atoms with Gasteiger partial charge < -0.3 is 4.74 Å². The minimum absolute atomic E-state index is 0.275. The molecule has 2 aromatic rings. The quantitative estimate of drug-likeness (QED) is 0.789. The van der Waals surface area contributed by atoms with Gasteiger partial charge in [0.05, 0.1) is 17.0 Å². The van der Waals surface area contributed by atoms with Gasteiger partial charge in [0.2, 0.25) is 10.0 Å². The molecule has 0 aliphatic heterocycles. The second kappa shape index (κ2) is 8.42. The Kier molecular flexibility index (Phi) is 6.54. The van der Waals surface area contributed by atoms with Gasteiger partial charge in [0.1, 0.15) is 0 Å². The lowest BCUT2D eigenvalue weighted by Gasteiger charge is -2.27. The summed E-state index contributed by atoms with van der Waals surface area (Å²) in [4.78, 5) is 0.275. The van der Waals surface area contributed by atoms with Gasteiger partial charge in [-0.3, -0.25) is 0 Å². The minimum atomic E-state index is -3.59. The van der Waals surface area contributed by atoms with Gasteiger partial charge in [-0.15, -0.1) is 0 Å². The minimum Gasteiger partial charge on any atom is -0.375 e. The second-order valence-electron chi connectivity index (χ2n) is 5.90. The highest BCUT2D eigenvalue weighted by atomic mass is 32.2. The maximum atomic E-state index is 12.7. The molecule has 130 valence electrons. The zero-order chi connectivity index (χ0) is 17.6. The fourth-order valence-electron chi connectivity index (χ4n) is 2.74. The molecule has 0 amide bonds. The SMILES string of the molecule is CCC[C@H](NS(=O)(=O)c1ccc(C)cc1)[C@H](OC)c1ccccc1. The summed E-state index contributed by atoms with van der Waals surface area (Å²) in [6, 6.07) is 16.2. The maximum Gasteiger partial charge on any atom is 0.240 e. The van der Waals surface area contributed by atoms with Crippen molar-refractivity contribution in [3.05, 3.63) is 65.7 Å². The van der Waals surface area contributed by atoms with Gasteiger partial charge in [-0.2, -0.15) is 0 Å². The third-order valence-corrected chi connectivity index (χ3v) is 5.49. The van der Waals surface area contributed by atoms with Crippen LogP contribution in [-0.4, -0.2) is 21.6 Å². The predicted octanol–water partition coefficient (Wildman–Crippen LogP) is 3.83. The molecule has 0 fully saturated rings. The van der Waals surface area contributed by atoms with Gasteiger partial charge in [0, 0.05) is 7.11 Å². The van der Waals surface area contributed by atoms with Crippen molar-refractivity contribution in [3.8, 4) is 0 Å². The van der Waals surface area contributed by atoms with Crippen LogP contribution in [-0.2, 0) is 14.8 Å². The van der Waals surface area contributed by atoms with E-state index in [4.69, 9.17) is 4.74 Å². The number of sulfonamides is 1. The number of benzene rings is 2. The lowest BCUT2D eigenvalue weighted by atomic mass is 9.99. The van der Waals surface area contributed by atoms with Crippen molar-refractivity contribution < 1.29 is 13.2 Å². The van der Waals surface area contributed by atoms with Crippen molar-refractivity contribution in [2.75, 3.05) is 7.11 Å². The number of nitrogens with one attached hydrogen (secondary N) is 1. The largest absolute Gasteiger partial charge is 0.375 e. The Bertz CT molecular complexity index is 727. The number of hydrogen-bond donors (Lipinski definition) is 1. The number of ether oxygens (including phenoxy) is 1. The Hall–Kier alpha value is -1.69. The second-order valence-corrected chi connectivity index (χ2v) is 7.61. The van der Waals surface area contributed by atoms with Crippen LogP contribution < -0.4 is 4.72 Å². The Morgan fingerprint density at radius 2 is 1.67 bits per heavy atom. The van der Waals surface area contributed by atoms with E-state index in [-0.39, 0.29) is 17.0 Å². The Morgan fingerprint density at radius 1 is 1.04 bits per heavy atom. The van der Waals surface area contributed by atoms with E-state index < -0.39 is 10.0 Å². The van der Waals surface area contributed by atoms with E-state index in [1.165, 1.54) is 0 Å². The van der Waals surface area contributed by atoms with Crippen LogP contribution in [0.3, 0.4) is 0 Å². The van der Waals surface area contributed by atoms with Gasteiger partial charge in [0.15, 0.2) is 0 Å². The summed E-state index contributed by atoms with van der Waals surface area (Å²) in [5, 5.41) is 0. The molecule has 0 heterocycles. The van der Waals surface area contributed by atoms with Crippen molar-refractivity contribution >= 4 is 10.0 Å². The van der Waals surface area contributed by atoms with Crippen LogP contribution in [0.15, 0.2) is 59.5 Å². The van der Waals surface area contributed by atoms with Gasteiger partial charge >= 0.3 is 0 Å². The fourth-order valence-corrected chi connectivity index (χ4v) is 4.01. The first kappa shape index (κ1) is 18.6. The molecule has 0 spiro atoms. The van der Waals surface area contributed by atoms with Crippen molar-refractivity contribution in [1.29, 1.82) is 0 Å². The highest BCUT2D eigenvalue weighted by Crippen LogP contribution is 2.25. The number of rotatable bonds is 8. The first-order valence-corrected chi connectivity index (χ1v) is 9.63. The maximum absolute atomic E-state index is 12.7. The first-order valence-electron chi connectivity index (χ1n) is 8.14. The third kappa shape index (κ3) is 4.66. The molecule has 1 N–H and O–H groups in total. The van der Waals surface area contributed by atoms with Crippen molar-refractivity contribution in [2.45, 2.75) is 43.7 Å². The molecule has 2 rings (SSSR count). The smallest absolute Gasteiger partial charge is 0.240 e. The van der Waals surface area contributed by atoms with Gasteiger partial charge in [-0.05, 0) is 31.0 Å². The lowest BCUT2D eigenvalue weighted by molar-refractivity contribution is 0.0721. The summed E-state index contributed by atoms with van der Waals surface area (Å²) in [6.45, 7) is 3.96. The van der Waals surface area contributed by atoms with Crippen LogP contribution in [0.2, 0.25) is 0 Å². The Balaban J connectivity index is 2.28. The number of hydrogen-bond acceptors (Lipinski definition) is 3. The first-order chi connectivity index (χ1) is 11.5. The van der Waals surface area contributed by atoms with Crippen LogP contribution in [0.4, 0.5) is 0 Å². The molecule has 4 nitrogen and oxygen atoms in total. The standard InChI is InChI=1S/C19H25NO3S/c1-4-8-18(19(23-3)16-9-6-5-7-10-16)20-24(21,22)17-13-11-15(2)12-14-17/h5-7,9-14,18-20H,4,8H2,1-3H3/t18-,19+/m0/s1. The summed E-state index contributed by atoms with van der Waals surface area (Å²) < 4.78 is 33.9. The molecule has 5 heteroatoms. The zero-order valence-electron chi connectivity index (χ0n) is 14.4. The Labute approximate surface area is 144 Å². The molecule has 0 saturated heterocycles. The van der Waals surface area contributed by atoms with E-state index in [0.717, 1.165) is 17.5 Å². The highest BCUT2D eigenvalue weighted by molar-refractivity contribution is 7.89. The number of aryl methyl sites for hydroxylation is 1. The van der Waals surface area contributed by atoms with E-state index >= 15 is 0 Å². The monoisotopic (exact) mass is 347 g/mol.